The first-order valence-corrected chi connectivity index (χ1v) is 10.1. The molecule has 0 saturated heterocycles. The second-order valence-corrected chi connectivity index (χ2v) is 7.63. The molecule has 142 valence electrons. The number of ketones is 1. The van der Waals surface area contributed by atoms with E-state index in [9.17, 15) is 14.4 Å². The Hall–Kier alpha value is -2.47. The Kier molecular flexibility index (Phi) is 6.40. The zero-order chi connectivity index (χ0) is 19.2. The van der Waals surface area contributed by atoms with Crippen LogP contribution in [0.2, 0.25) is 0 Å². The van der Waals surface area contributed by atoms with Gasteiger partial charge in [0, 0.05) is 6.42 Å². The van der Waals surface area contributed by atoms with Crippen molar-refractivity contribution in [3.8, 4) is 0 Å². The molecule has 1 amide bonds. The van der Waals surface area contributed by atoms with E-state index in [0.29, 0.717) is 4.88 Å². The monoisotopic (exact) mass is 385 g/mol. The molecule has 0 radical (unpaired) electrons. The van der Waals surface area contributed by atoms with Gasteiger partial charge in [-0.2, -0.15) is 0 Å². The molecule has 1 aromatic heterocycles. The summed E-state index contributed by atoms with van der Waals surface area (Å²) in [4.78, 5) is 37.0. The molecule has 1 aromatic carbocycles. The van der Waals surface area contributed by atoms with Crippen LogP contribution in [0.4, 0.5) is 0 Å². The molecule has 0 spiro atoms. The number of thiophene rings is 1. The lowest BCUT2D eigenvalue weighted by Gasteiger charge is -2.27. The lowest BCUT2D eigenvalue weighted by molar-refractivity contribution is -0.155. The van der Waals surface area contributed by atoms with Gasteiger partial charge >= 0.3 is 5.97 Å². The molecule has 2 atom stereocenters. The van der Waals surface area contributed by atoms with E-state index in [1.165, 1.54) is 16.9 Å². The molecule has 1 N–H and O–H groups in total. The van der Waals surface area contributed by atoms with E-state index in [4.69, 9.17) is 4.74 Å². The highest BCUT2D eigenvalue weighted by Crippen LogP contribution is 2.29. The maximum Gasteiger partial charge on any atom is 0.307 e. The number of esters is 1. The Bertz CT molecular complexity index is 815. The highest BCUT2D eigenvalue weighted by molar-refractivity contribution is 7.12. The molecule has 0 aliphatic heterocycles. The first-order chi connectivity index (χ1) is 13.0. The van der Waals surface area contributed by atoms with Crippen molar-refractivity contribution in [2.45, 2.75) is 51.2 Å². The lowest BCUT2D eigenvalue weighted by Crippen LogP contribution is -2.39. The Morgan fingerprint density at radius 3 is 2.78 bits per heavy atom. The van der Waals surface area contributed by atoms with Gasteiger partial charge in [-0.1, -0.05) is 30.3 Å². The summed E-state index contributed by atoms with van der Waals surface area (Å²) in [7, 11) is 0. The van der Waals surface area contributed by atoms with E-state index in [-0.39, 0.29) is 30.6 Å². The zero-order valence-corrected chi connectivity index (χ0v) is 16.1. The van der Waals surface area contributed by atoms with Crippen molar-refractivity contribution in [1.29, 1.82) is 0 Å². The average molecular weight is 385 g/mol. The molecular formula is C21H23NO4S. The van der Waals surface area contributed by atoms with Crippen LogP contribution in [0.3, 0.4) is 0 Å². The van der Waals surface area contributed by atoms with E-state index in [0.717, 1.165) is 24.8 Å². The number of Topliss-reactive ketones (excluding diaryl/α,β-unsaturated/α-hetero) is 1. The predicted octanol–water partition coefficient (Wildman–Crippen LogP) is 3.84. The standard InChI is InChI=1S/C21H23NO4S/c1-14(26-20(24)12-11-18(23)19-10-5-13-27-19)21(25)22-17-9-4-7-15-6-2-3-8-16(15)17/h2-3,5-6,8,10,13-14,17H,4,7,9,11-12H2,1H3,(H,22,25)/t14-,17-/m0/s1. The minimum absolute atomic E-state index is 0.0272. The molecule has 0 fully saturated rings. The largest absolute Gasteiger partial charge is 0.453 e. The van der Waals surface area contributed by atoms with Crippen LogP contribution >= 0.6 is 11.3 Å². The topological polar surface area (TPSA) is 72.5 Å². The van der Waals surface area contributed by atoms with Crippen LogP contribution in [-0.2, 0) is 20.7 Å². The molecule has 27 heavy (non-hydrogen) atoms. The SMILES string of the molecule is C[C@H](OC(=O)CCC(=O)c1cccs1)C(=O)N[C@H]1CCCc2ccccc21. The smallest absolute Gasteiger partial charge is 0.307 e. The molecule has 6 heteroatoms. The summed E-state index contributed by atoms with van der Waals surface area (Å²) < 4.78 is 5.21. The highest BCUT2D eigenvalue weighted by atomic mass is 32.1. The van der Waals surface area contributed by atoms with Crippen LogP contribution in [0, 0.1) is 0 Å². The second-order valence-electron chi connectivity index (χ2n) is 6.68. The number of rotatable bonds is 7. The van der Waals surface area contributed by atoms with E-state index >= 15 is 0 Å². The number of aryl methyl sites for hydroxylation is 1. The third-order valence-electron chi connectivity index (χ3n) is 4.72. The maximum absolute atomic E-state index is 12.4. The first kappa shape index (κ1) is 19.3. The third-order valence-corrected chi connectivity index (χ3v) is 5.63. The molecule has 1 heterocycles. The number of hydrogen-bond donors (Lipinski definition) is 1. The zero-order valence-electron chi connectivity index (χ0n) is 15.3. The second kappa shape index (κ2) is 8.95. The van der Waals surface area contributed by atoms with Crippen molar-refractivity contribution in [1.82, 2.24) is 5.32 Å². The fraction of sp³-hybridized carbons (Fsp3) is 0.381. The summed E-state index contributed by atoms with van der Waals surface area (Å²) in [5.74, 6) is -0.931. The normalized spacial score (nSPS) is 16.9. The lowest BCUT2D eigenvalue weighted by atomic mass is 9.87. The number of hydrogen-bond acceptors (Lipinski definition) is 5. The van der Waals surface area contributed by atoms with Gasteiger partial charge in [-0.3, -0.25) is 14.4 Å². The highest BCUT2D eigenvalue weighted by Gasteiger charge is 2.25. The minimum atomic E-state index is -0.886. The Morgan fingerprint density at radius 2 is 2.00 bits per heavy atom. The van der Waals surface area contributed by atoms with Crippen LogP contribution < -0.4 is 5.32 Å². The number of carbonyl (C=O) groups excluding carboxylic acids is 3. The van der Waals surface area contributed by atoms with Gasteiger partial charge in [-0.15, -0.1) is 11.3 Å². The van der Waals surface area contributed by atoms with Crippen molar-refractivity contribution in [3.63, 3.8) is 0 Å². The fourth-order valence-electron chi connectivity index (χ4n) is 3.28. The van der Waals surface area contributed by atoms with E-state index in [1.54, 1.807) is 19.1 Å². The Morgan fingerprint density at radius 1 is 1.19 bits per heavy atom. The number of fused-ring (bicyclic) bond motifs is 1. The van der Waals surface area contributed by atoms with E-state index in [2.05, 4.69) is 11.4 Å². The van der Waals surface area contributed by atoms with Gasteiger partial charge in [0.15, 0.2) is 11.9 Å². The summed E-state index contributed by atoms with van der Waals surface area (Å²) in [5, 5.41) is 4.81. The van der Waals surface area contributed by atoms with Crippen molar-refractivity contribution in [3.05, 3.63) is 57.8 Å². The number of carbonyl (C=O) groups is 3. The predicted molar refractivity (Wildman–Crippen MR) is 104 cm³/mol. The molecule has 5 nitrogen and oxygen atoms in total. The molecule has 1 aliphatic carbocycles. The van der Waals surface area contributed by atoms with Crippen LogP contribution in [0.15, 0.2) is 41.8 Å². The van der Waals surface area contributed by atoms with Crippen molar-refractivity contribution in [2.75, 3.05) is 0 Å². The van der Waals surface area contributed by atoms with Gasteiger partial charge in [0.2, 0.25) is 0 Å². The van der Waals surface area contributed by atoms with Gasteiger partial charge in [-0.05, 0) is 48.8 Å². The van der Waals surface area contributed by atoms with Crippen molar-refractivity contribution in [2.24, 2.45) is 0 Å². The van der Waals surface area contributed by atoms with Gasteiger partial charge in [0.1, 0.15) is 0 Å². The molecule has 2 aromatic rings. The van der Waals surface area contributed by atoms with Gasteiger partial charge in [-0.25, -0.2) is 0 Å². The summed E-state index contributed by atoms with van der Waals surface area (Å²) in [6.45, 7) is 1.56. The van der Waals surface area contributed by atoms with Crippen LogP contribution in [0.5, 0.6) is 0 Å². The minimum Gasteiger partial charge on any atom is -0.453 e. The van der Waals surface area contributed by atoms with Crippen molar-refractivity contribution < 1.29 is 19.1 Å². The summed E-state index contributed by atoms with van der Waals surface area (Å²) in [6.07, 6.45) is 2.08. The maximum atomic E-state index is 12.4. The Labute approximate surface area is 162 Å². The van der Waals surface area contributed by atoms with Crippen molar-refractivity contribution >= 4 is 29.0 Å². The summed E-state index contributed by atoms with van der Waals surface area (Å²) >= 11 is 1.35. The first-order valence-electron chi connectivity index (χ1n) is 9.19. The number of benzene rings is 1. The summed E-state index contributed by atoms with van der Waals surface area (Å²) in [5.41, 5.74) is 2.39. The van der Waals surface area contributed by atoms with Gasteiger partial charge in [0.25, 0.3) is 5.91 Å². The van der Waals surface area contributed by atoms with Gasteiger partial charge in [0.05, 0.1) is 17.3 Å². The van der Waals surface area contributed by atoms with Crippen LogP contribution in [0.1, 0.15) is 59.4 Å². The summed E-state index contributed by atoms with van der Waals surface area (Å²) in [6, 6.07) is 11.6. The molecular weight excluding hydrogens is 362 g/mol. The van der Waals surface area contributed by atoms with Crippen LogP contribution in [-0.4, -0.2) is 23.8 Å². The third kappa shape index (κ3) is 5.04. The average Bonchev–Trinajstić information content (AvgIpc) is 3.21. The molecule has 3 rings (SSSR count). The molecule has 0 bridgehead atoms. The van der Waals surface area contributed by atoms with Gasteiger partial charge < -0.3 is 10.1 Å². The fourth-order valence-corrected chi connectivity index (χ4v) is 3.97. The number of ether oxygens (including phenoxy) is 1. The molecule has 0 unspecified atom stereocenters. The van der Waals surface area contributed by atoms with Crippen LogP contribution in [0.25, 0.3) is 0 Å². The Balaban J connectivity index is 1.48. The van der Waals surface area contributed by atoms with E-state index in [1.807, 2.05) is 23.6 Å². The quantitative estimate of drug-likeness (QED) is 0.581. The van der Waals surface area contributed by atoms with E-state index < -0.39 is 12.1 Å². The molecule has 0 saturated carbocycles. The molecule has 1 aliphatic rings. The number of nitrogens with one attached hydrogen (secondary N) is 1. The number of amides is 1.